The van der Waals surface area contributed by atoms with Gasteiger partial charge in [-0.2, -0.15) is 0 Å². The molecule has 4 rings (SSSR count). The predicted octanol–water partition coefficient (Wildman–Crippen LogP) is 3.85. The van der Waals surface area contributed by atoms with E-state index >= 15 is 0 Å². The van der Waals surface area contributed by atoms with E-state index in [1.807, 2.05) is 0 Å². The van der Waals surface area contributed by atoms with Crippen molar-refractivity contribution >= 4 is 16.9 Å². The summed E-state index contributed by atoms with van der Waals surface area (Å²) >= 11 is 0. The van der Waals surface area contributed by atoms with E-state index in [9.17, 15) is 26.7 Å². The third-order valence-electron chi connectivity index (χ3n) is 5.15. The van der Waals surface area contributed by atoms with Crippen LogP contribution in [0.25, 0.3) is 11.0 Å². The molecule has 1 aromatic carbocycles. The van der Waals surface area contributed by atoms with Crippen LogP contribution < -0.4 is 10.1 Å². The minimum atomic E-state index is -4.85. The van der Waals surface area contributed by atoms with Crippen molar-refractivity contribution in [2.45, 2.75) is 37.8 Å². The molecular weight excluding hydrogens is 453 g/mol. The van der Waals surface area contributed by atoms with Crippen LogP contribution in [0.1, 0.15) is 47.3 Å². The molecule has 3 aromatic rings. The zero-order chi connectivity index (χ0) is 23.8. The summed E-state index contributed by atoms with van der Waals surface area (Å²) in [6.07, 6.45) is -5.01. The zero-order valence-electron chi connectivity index (χ0n) is 17.1. The second-order valence-electron chi connectivity index (χ2n) is 7.36. The van der Waals surface area contributed by atoms with Gasteiger partial charge in [0.1, 0.15) is 29.0 Å². The maximum atomic E-state index is 12.8. The normalized spacial score (nSPS) is 17.5. The molecule has 1 amide bonds. The number of nitrogens with zero attached hydrogens (tertiary/aromatic N) is 4. The Kier molecular flexibility index (Phi) is 6.15. The number of hydrogen-bond donors (Lipinski definition) is 1. The topological polar surface area (TPSA) is 91.2 Å². The number of benzene rings is 1. The maximum absolute atomic E-state index is 12.8. The number of imidazole rings is 1. The largest absolute Gasteiger partial charge is 0.573 e. The van der Waals surface area contributed by atoms with E-state index in [1.54, 1.807) is 11.6 Å². The number of alkyl halides is 5. The van der Waals surface area contributed by atoms with Gasteiger partial charge in [0.05, 0.1) is 29.5 Å². The highest BCUT2D eigenvalue weighted by Gasteiger charge is 2.34. The fourth-order valence-corrected chi connectivity index (χ4v) is 3.65. The first-order valence-electron chi connectivity index (χ1n) is 9.87. The number of carbonyl (C=O) groups excluding carboxylic acids is 1. The van der Waals surface area contributed by atoms with Gasteiger partial charge in [-0.1, -0.05) is 0 Å². The highest BCUT2D eigenvalue weighted by molar-refractivity contribution is 5.92. The van der Waals surface area contributed by atoms with Crippen molar-refractivity contribution in [2.24, 2.45) is 7.05 Å². The molecule has 3 heterocycles. The van der Waals surface area contributed by atoms with Gasteiger partial charge < -0.3 is 19.4 Å². The number of amides is 1. The Morgan fingerprint density at radius 1 is 1.27 bits per heavy atom. The lowest BCUT2D eigenvalue weighted by Gasteiger charge is -2.23. The van der Waals surface area contributed by atoms with E-state index < -0.39 is 42.3 Å². The van der Waals surface area contributed by atoms with Gasteiger partial charge >= 0.3 is 6.36 Å². The van der Waals surface area contributed by atoms with Crippen LogP contribution in [0.2, 0.25) is 0 Å². The molecular formula is C20H18F5N5O3. The van der Waals surface area contributed by atoms with Gasteiger partial charge in [-0.15, -0.1) is 13.2 Å². The lowest BCUT2D eigenvalue weighted by Crippen LogP contribution is -2.38. The minimum absolute atomic E-state index is 0.179. The van der Waals surface area contributed by atoms with Gasteiger partial charge in [0, 0.05) is 19.7 Å². The number of halogens is 5. The number of nitrogens with one attached hydrogen (secondary N) is 1. The Hall–Kier alpha value is -3.35. The van der Waals surface area contributed by atoms with Crippen molar-refractivity contribution in [1.29, 1.82) is 0 Å². The smallest absolute Gasteiger partial charge is 0.406 e. The monoisotopic (exact) mass is 471 g/mol. The van der Waals surface area contributed by atoms with Crippen LogP contribution in [0.3, 0.4) is 0 Å². The molecule has 1 saturated heterocycles. The molecule has 2 atom stereocenters. The third kappa shape index (κ3) is 5.02. The molecule has 0 bridgehead atoms. The molecule has 2 aromatic heterocycles. The van der Waals surface area contributed by atoms with Crippen LogP contribution >= 0.6 is 0 Å². The Balaban J connectivity index is 1.65. The minimum Gasteiger partial charge on any atom is -0.406 e. The SMILES string of the molecule is Cn1c(C(NC(=O)c2cnc(C(F)F)cn2)C2CCCO2)nc2cc(OC(F)(F)F)ccc21. The molecule has 1 N–H and O–H groups in total. The molecule has 2 unspecified atom stereocenters. The van der Waals surface area contributed by atoms with E-state index in [-0.39, 0.29) is 11.2 Å². The summed E-state index contributed by atoms with van der Waals surface area (Å²) in [6.45, 7) is 0.466. The fourth-order valence-electron chi connectivity index (χ4n) is 3.65. The molecule has 1 fully saturated rings. The van der Waals surface area contributed by atoms with Crippen LogP contribution in [0, 0.1) is 0 Å². The second kappa shape index (κ2) is 8.89. The number of aromatic nitrogens is 4. The van der Waals surface area contributed by atoms with Crippen LogP contribution in [-0.2, 0) is 11.8 Å². The number of rotatable bonds is 6. The van der Waals surface area contributed by atoms with E-state index in [0.29, 0.717) is 24.4 Å². The van der Waals surface area contributed by atoms with Crippen molar-refractivity contribution in [3.8, 4) is 5.75 Å². The molecule has 1 aliphatic rings. The summed E-state index contributed by atoms with van der Waals surface area (Å²) in [5.41, 5.74) is 0.00176. The van der Waals surface area contributed by atoms with Gasteiger partial charge in [0.2, 0.25) is 0 Å². The van der Waals surface area contributed by atoms with Gasteiger partial charge in [-0.3, -0.25) is 9.78 Å². The Bertz CT molecular complexity index is 1140. The van der Waals surface area contributed by atoms with Crippen LogP contribution in [-0.4, -0.2) is 44.5 Å². The zero-order valence-corrected chi connectivity index (χ0v) is 17.1. The molecule has 13 heteroatoms. The fraction of sp³-hybridized carbons (Fsp3) is 0.400. The van der Waals surface area contributed by atoms with Gasteiger partial charge in [-0.25, -0.2) is 18.7 Å². The van der Waals surface area contributed by atoms with Crippen LogP contribution in [0.4, 0.5) is 22.0 Å². The van der Waals surface area contributed by atoms with Crippen molar-refractivity contribution in [1.82, 2.24) is 24.8 Å². The van der Waals surface area contributed by atoms with Crippen LogP contribution in [0.5, 0.6) is 5.75 Å². The van der Waals surface area contributed by atoms with E-state index in [1.165, 1.54) is 12.1 Å². The first kappa shape index (κ1) is 22.8. The Morgan fingerprint density at radius 3 is 2.67 bits per heavy atom. The lowest BCUT2D eigenvalue weighted by atomic mass is 10.1. The molecule has 0 radical (unpaired) electrons. The van der Waals surface area contributed by atoms with Crippen LogP contribution in [0.15, 0.2) is 30.6 Å². The summed E-state index contributed by atoms with van der Waals surface area (Å²) in [6, 6.07) is 2.97. The summed E-state index contributed by atoms with van der Waals surface area (Å²) in [5, 5.41) is 2.75. The maximum Gasteiger partial charge on any atom is 0.573 e. The Labute approximate surface area is 183 Å². The molecule has 33 heavy (non-hydrogen) atoms. The first-order chi connectivity index (χ1) is 15.6. The number of fused-ring (bicyclic) bond motifs is 1. The second-order valence-corrected chi connectivity index (χ2v) is 7.36. The number of ether oxygens (including phenoxy) is 2. The van der Waals surface area contributed by atoms with Gasteiger partial charge in [-0.05, 0) is 25.0 Å². The molecule has 8 nitrogen and oxygen atoms in total. The molecule has 1 aliphatic heterocycles. The summed E-state index contributed by atoms with van der Waals surface area (Å²) in [4.78, 5) is 24.5. The van der Waals surface area contributed by atoms with E-state index in [4.69, 9.17) is 4.74 Å². The lowest BCUT2D eigenvalue weighted by molar-refractivity contribution is -0.274. The molecule has 0 saturated carbocycles. The summed E-state index contributed by atoms with van der Waals surface area (Å²) < 4.78 is 74.4. The average Bonchev–Trinajstić information content (AvgIpc) is 3.39. The molecule has 0 spiro atoms. The van der Waals surface area contributed by atoms with Crippen molar-refractivity contribution in [3.05, 3.63) is 47.8 Å². The van der Waals surface area contributed by atoms with Gasteiger partial charge in [0.25, 0.3) is 12.3 Å². The summed E-state index contributed by atoms with van der Waals surface area (Å²) in [5.74, 6) is -0.768. The molecule has 176 valence electrons. The highest BCUT2D eigenvalue weighted by atomic mass is 19.4. The summed E-state index contributed by atoms with van der Waals surface area (Å²) in [7, 11) is 1.65. The average molecular weight is 471 g/mol. The Morgan fingerprint density at radius 2 is 2.06 bits per heavy atom. The quantitative estimate of drug-likeness (QED) is 0.550. The van der Waals surface area contributed by atoms with Crippen molar-refractivity contribution in [2.75, 3.05) is 6.61 Å². The van der Waals surface area contributed by atoms with Crippen molar-refractivity contribution < 1.29 is 36.2 Å². The standard InChI is InChI=1S/C20H18F5N5O3/c1-30-14-5-4-10(33-20(23,24)25)7-11(14)28-18(30)16(15-3-2-6-32-15)29-19(31)13-9-26-12(8-27-13)17(21)22/h4-5,7-9,15-17H,2-3,6H2,1H3,(H,29,31). The molecule has 0 aliphatic carbocycles. The van der Waals surface area contributed by atoms with E-state index in [0.717, 1.165) is 24.9 Å². The third-order valence-corrected chi connectivity index (χ3v) is 5.15. The van der Waals surface area contributed by atoms with Gasteiger partial charge in [0.15, 0.2) is 0 Å². The van der Waals surface area contributed by atoms with E-state index in [2.05, 4.69) is 25.0 Å². The predicted molar refractivity (Wildman–Crippen MR) is 104 cm³/mol. The first-order valence-corrected chi connectivity index (χ1v) is 9.87. The number of aryl methyl sites for hydroxylation is 1. The number of hydrogen-bond acceptors (Lipinski definition) is 6. The van der Waals surface area contributed by atoms with Crippen molar-refractivity contribution in [3.63, 3.8) is 0 Å². The number of carbonyl (C=O) groups is 1. The highest BCUT2D eigenvalue weighted by Crippen LogP contribution is 2.31.